The third kappa shape index (κ3) is 5.63. The molecule has 0 aromatic heterocycles. The van der Waals surface area contributed by atoms with Crippen LogP contribution < -0.4 is 16.0 Å². The molecule has 0 unspecified atom stereocenters. The van der Waals surface area contributed by atoms with Crippen molar-refractivity contribution in [3.05, 3.63) is 40.0 Å². The molecule has 3 N–H and O–H groups in total. The fraction of sp³-hybridized carbons (Fsp3) is 0.474. The second-order valence-corrected chi connectivity index (χ2v) is 8.76. The predicted octanol–water partition coefficient (Wildman–Crippen LogP) is 4.24. The summed E-state index contributed by atoms with van der Waals surface area (Å²) in [6.45, 7) is 8.58. The van der Waals surface area contributed by atoms with Crippen molar-refractivity contribution in [2.24, 2.45) is 0 Å². The highest BCUT2D eigenvalue weighted by atomic mass is 35.5. The van der Waals surface area contributed by atoms with Gasteiger partial charge < -0.3 is 16.0 Å². The van der Waals surface area contributed by atoms with E-state index in [4.69, 9.17) is 23.2 Å². The zero-order valence-corrected chi connectivity index (χ0v) is 16.9. The van der Waals surface area contributed by atoms with Gasteiger partial charge in [0.25, 0.3) is 5.91 Å². The summed E-state index contributed by atoms with van der Waals surface area (Å²) in [5.41, 5.74) is 0.342. The monoisotopic (exact) mass is 394 g/mol. The first-order valence-electron chi connectivity index (χ1n) is 8.43. The molecule has 0 radical (unpaired) electrons. The Balaban J connectivity index is 2.07. The van der Waals surface area contributed by atoms with Gasteiger partial charge in [0.1, 0.15) is 11.6 Å². The maximum Gasteiger partial charge on any atom is 0.267 e. The zero-order valence-electron chi connectivity index (χ0n) is 15.4. The summed E-state index contributed by atoms with van der Waals surface area (Å²) in [5, 5.41) is 19.6. The van der Waals surface area contributed by atoms with Gasteiger partial charge in [0, 0.05) is 28.3 Å². The van der Waals surface area contributed by atoms with Crippen LogP contribution in [0, 0.1) is 11.3 Å². The molecule has 0 spiro atoms. The molecule has 0 aliphatic carbocycles. The van der Waals surface area contributed by atoms with E-state index in [1.165, 1.54) is 12.3 Å². The van der Waals surface area contributed by atoms with Crippen molar-refractivity contribution in [3.8, 4) is 6.07 Å². The maximum atomic E-state index is 12.4. The quantitative estimate of drug-likeness (QED) is 0.527. The van der Waals surface area contributed by atoms with Gasteiger partial charge in [0.05, 0.1) is 10.7 Å². The van der Waals surface area contributed by atoms with Gasteiger partial charge in [-0.05, 0) is 58.7 Å². The highest BCUT2D eigenvalue weighted by Crippen LogP contribution is 2.29. The lowest BCUT2D eigenvalue weighted by Gasteiger charge is -2.46. The number of carbonyl (C=O) groups is 1. The van der Waals surface area contributed by atoms with Gasteiger partial charge in [-0.15, -0.1) is 0 Å². The highest BCUT2D eigenvalue weighted by Gasteiger charge is 2.37. The van der Waals surface area contributed by atoms with Crippen molar-refractivity contribution in [1.82, 2.24) is 10.6 Å². The lowest BCUT2D eigenvalue weighted by atomic mass is 9.80. The molecule has 1 amide bonds. The van der Waals surface area contributed by atoms with E-state index in [1.54, 1.807) is 12.1 Å². The Kier molecular flexibility index (Phi) is 6.23. The SMILES string of the molecule is CC1(C)CC(N/C=C(/C#N)C(=O)Nc2ccc(Cl)cc2Cl)CC(C)(C)N1. The molecule has 1 saturated heterocycles. The second kappa shape index (κ2) is 7.87. The number of hydrogen-bond acceptors (Lipinski definition) is 4. The van der Waals surface area contributed by atoms with Crippen LogP contribution >= 0.6 is 23.2 Å². The minimum Gasteiger partial charge on any atom is -0.387 e. The standard InChI is InChI=1S/C19H24Cl2N4O/c1-18(2)8-14(9-19(3,4)25-18)23-11-12(10-22)17(26)24-16-6-5-13(20)7-15(16)21/h5-7,11,14,23,25H,8-9H2,1-4H3,(H,24,26)/b12-11-. The van der Waals surface area contributed by atoms with Crippen LogP contribution in [0.25, 0.3) is 0 Å². The van der Waals surface area contributed by atoms with Crippen molar-refractivity contribution in [2.45, 2.75) is 57.7 Å². The van der Waals surface area contributed by atoms with Crippen LogP contribution in [-0.4, -0.2) is 23.0 Å². The fourth-order valence-corrected chi connectivity index (χ4v) is 4.03. The Morgan fingerprint density at radius 1 is 1.27 bits per heavy atom. The van der Waals surface area contributed by atoms with Crippen molar-refractivity contribution in [1.29, 1.82) is 5.26 Å². The van der Waals surface area contributed by atoms with E-state index in [0.717, 1.165) is 12.8 Å². The number of hydrogen-bond donors (Lipinski definition) is 3. The molecule has 1 fully saturated rings. The van der Waals surface area contributed by atoms with Gasteiger partial charge >= 0.3 is 0 Å². The lowest BCUT2D eigenvalue weighted by molar-refractivity contribution is -0.112. The Morgan fingerprint density at radius 3 is 2.42 bits per heavy atom. The summed E-state index contributed by atoms with van der Waals surface area (Å²) in [5.74, 6) is -0.517. The molecule has 1 aliphatic heterocycles. The summed E-state index contributed by atoms with van der Waals surface area (Å²) in [6, 6.07) is 6.85. The van der Waals surface area contributed by atoms with Crippen LogP contribution in [0.2, 0.25) is 10.0 Å². The average Bonchev–Trinajstić information content (AvgIpc) is 2.47. The number of nitrogens with zero attached hydrogens (tertiary/aromatic N) is 1. The fourth-order valence-electron chi connectivity index (χ4n) is 3.57. The van der Waals surface area contributed by atoms with Crippen molar-refractivity contribution >= 4 is 34.8 Å². The summed E-state index contributed by atoms with van der Waals surface area (Å²) >= 11 is 11.9. The number of amides is 1. The van der Waals surface area contributed by atoms with Gasteiger partial charge in [0.2, 0.25) is 0 Å². The van der Waals surface area contributed by atoms with Crippen LogP contribution in [0.15, 0.2) is 30.0 Å². The third-order valence-corrected chi connectivity index (χ3v) is 4.75. The van der Waals surface area contributed by atoms with Crippen molar-refractivity contribution in [3.63, 3.8) is 0 Å². The van der Waals surface area contributed by atoms with Crippen LogP contribution in [-0.2, 0) is 4.79 Å². The summed E-state index contributed by atoms with van der Waals surface area (Å²) in [7, 11) is 0. The molecular formula is C19H24Cl2N4O. The molecule has 1 aromatic carbocycles. The number of nitrogens with one attached hydrogen (secondary N) is 3. The average molecular weight is 395 g/mol. The van der Waals surface area contributed by atoms with E-state index < -0.39 is 5.91 Å². The lowest BCUT2D eigenvalue weighted by Crippen LogP contribution is -2.61. The molecule has 1 aromatic rings. The first-order chi connectivity index (χ1) is 12.0. The molecule has 1 heterocycles. The van der Waals surface area contributed by atoms with Crippen LogP contribution in [0.1, 0.15) is 40.5 Å². The Hall–Kier alpha value is -1.74. The normalized spacial score (nSPS) is 19.5. The maximum absolute atomic E-state index is 12.4. The summed E-state index contributed by atoms with van der Waals surface area (Å²) in [6.07, 6.45) is 3.26. The highest BCUT2D eigenvalue weighted by molar-refractivity contribution is 6.36. The molecule has 7 heteroatoms. The van der Waals surface area contributed by atoms with Crippen molar-refractivity contribution in [2.75, 3.05) is 5.32 Å². The number of halogens is 2. The number of carbonyl (C=O) groups excluding carboxylic acids is 1. The zero-order chi connectivity index (χ0) is 19.5. The number of nitriles is 1. The van der Waals surface area contributed by atoms with Gasteiger partial charge in [-0.2, -0.15) is 5.26 Å². The van der Waals surface area contributed by atoms with E-state index in [1.807, 2.05) is 6.07 Å². The predicted molar refractivity (Wildman–Crippen MR) is 106 cm³/mol. The number of anilines is 1. The number of benzene rings is 1. The van der Waals surface area contributed by atoms with Crippen LogP contribution in [0.5, 0.6) is 0 Å². The summed E-state index contributed by atoms with van der Waals surface area (Å²) < 4.78 is 0. The molecule has 2 rings (SSSR count). The van der Waals surface area contributed by atoms with E-state index >= 15 is 0 Å². The van der Waals surface area contributed by atoms with E-state index in [2.05, 4.69) is 43.6 Å². The largest absolute Gasteiger partial charge is 0.387 e. The first kappa shape index (κ1) is 20.6. The molecule has 1 aliphatic rings. The molecule has 0 bridgehead atoms. The molecule has 140 valence electrons. The van der Waals surface area contributed by atoms with Gasteiger partial charge in [-0.25, -0.2) is 0 Å². The Morgan fingerprint density at radius 2 is 1.88 bits per heavy atom. The van der Waals surface area contributed by atoms with Gasteiger partial charge in [0.15, 0.2) is 0 Å². The smallest absolute Gasteiger partial charge is 0.267 e. The van der Waals surface area contributed by atoms with E-state index in [0.29, 0.717) is 15.7 Å². The first-order valence-corrected chi connectivity index (χ1v) is 9.19. The molecule has 5 nitrogen and oxygen atoms in total. The molecule has 0 saturated carbocycles. The molecule has 0 atom stereocenters. The van der Waals surface area contributed by atoms with Gasteiger partial charge in [-0.1, -0.05) is 23.2 Å². The van der Waals surface area contributed by atoms with Gasteiger partial charge in [-0.3, -0.25) is 4.79 Å². The number of piperidine rings is 1. The number of rotatable bonds is 4. The van der Waals surface area contributed by atoms with Crippen molar-refractivity contribution < 1.29 is 4.79 Å². The van der Waals surface area contributed by atoms with Crippen LogP contribution in [0.3, 0.4) is 0 Å². The van der Waals surface area contributed by atoms with E-state index in [-0.39, 0.29) is 22.7 Å². The molecule has 26 heavy (non-hydrogen) atoms. The minimum absolute atomic E-state index is 0.00911. The molecular weight excluding hydrogens is 371 g/mol. The second-order valence-electron chi connectivity index (χ2n) is 7.91. The van der Waals surface area contributed by atoms with E-state index in [9.17, 15) is 10.1 Å². The summed E-state index contributed by atoms with van der Waals surface area (Å²) in [4.78, 5) is 12.4. The minimum atomic E-state index is -0.517. The topological polar surface area (TPSA) is 77.0 Å². The Bertz CT molecular complexity index is 749. The Labute approximate surface area is 164 Å². The van der Waals surface area contributed by atoms with Crippen LogP contribution in [0.4, 0.5) is 5.69 Å². The third-order valence-electron chi connectivity index (χ3n) is 4.20.